The summed E-state index contributed by atoms with van der Waals surface area (Å²) in [5, 5.41) is 0. The molecule has 5 nitrogen and oxygen atoms in total. The number of ether oxygens (including phenoxy) is 1. The van der Waals surface area contributed by atoms with Crippen LogP contribution in [0.1, 0.15) is 33.6 Å². The predicted octanol–water partition coefficient (Wildman–Crippen LogP) is 0.554. The van der Waals surface area contributed by atoms with Crippen molar-refractivity contribution < 1.29 is 13.2 Å². The summed E-state index contributed by atoms with van der Waals surface area (Å²) in [7, 11) is -3.30. The number of hydrogen-bond acceptors (Lipinski definition) is 4. The van der Waals surface area contributed by atoms with Crippen LogP contribution in [0.15, 0.2) is 0 Å². The molecule has 0 aromatic heterocycles. The molecule has 17 heavy (non-hydrogen) atoms. The normalized spacial score (nSPS) is 22.3. The van der Waals surface area contributed by atoms with Gasteiger partial charge in [-0.05, 0) is 26.7 Å². The van der Waals surface area contributed by atoms with E-state index in [-0.39, 0.29) is 11.9 Å². The van der Waals surface area contributed by atoms with Crippen LogP contribution in [0.4, 0.5) is 0 Å². The summed E-state index contributed by atoms with van der Waals surface area (Å²) in [6.45, 7) is 6.97. The Balaban J connectivity index is 2.78. The van der Waals surface area contributed by atoms with E-state index in [2.05, 4.69) is 0 Å². The van der Waals surface area contributed by atoms with E-state index in [9.17, 15) is 8.42 Å². The molecular weight excluding hydrogens is 240 g/mol. The summed E-state index contributed by atoms with van der Waals surface area (Å²) < 4.78 is 31.5. The van der Waals surface area contributed by atoms with Gasteiger partial charge in [0.1, 0.15) is 0 Å². The van der Waals surface area contributed by atoms with Crippen molar-refractivity contribution in [1.29, 1.82) is 0 Å². The molecule has 0 bridgehead atoms. The van der Waals surface area contributed by atoms with Gasteiger partial charge in [-0.3, -0.25) is 0 Å². The van der Waals surface area contributed by atoms with Crippen molar-refractivity contribution in [3.63, 3.8) is 0 Å². The minimum Gasteiger partial charge on any atom is -0.377 e. The molecule has 1 heterocycles. The number of likely N-dealkylation sites (N-methyl/N-ethyl adjacent to an activating group) is 1. The maximum atomic E-state index is 12.3. The zero-order valence-corrected chi connectivity index (χ0v) is 11.8. The fourth-order valence-corrected chi connectivity index (χ4v) is 4.34. The molecular formula is C11H24N2O3S. The highest BCUT2D eigenvalue weighted by Gasteiger charge is 2.36. The third-order valence-corrected chi connectivity index (χ3v) is 5.44. The lowest BCUT2D eigenvalue weighted by Crippen LogP contribution is -2.53. The Bertz CT molecular complexity index is 335. The maximum Gasteiger partial charge on any atom is 0.217 e. The molecule has 1 aliphatic heterocycles. The summed E-state index contributed by atoms with van der Waals surface area (Å²) in [6, 6.07) is 0. The number of hydrogen-bond donors (Lipinski definition) is 1. The number of nitrogens with zero attached hydrogens (tertiary/aromatic N) is 1. The molecule has 0 aliphatic carbocycles. The van der Waals surface area contributed by atoms with Crippen LogP contribution in [0, 0.1) is 0 Å². The van der Waals surface area contributed by atoms with Crippen molar-refractivity contribution in [2.75, 3.05) is 25.4 Å². The second-order valence-corrected chi connectivity index (χ2v) is 7.03. The quantitative estimate of drug-likeness (QED) is 0.760. The van der Waals surface area contributed by atoms with Gasteiger partial charge in [0, 0.05) is 25.2 Å². The van der Waals surface area contributed by atoms with Gasteiger partial charge in [0.05, 0.1) is 11.9 Å². The smallest absolute Gasteiger partial charge is 0.217 e. The van der Waals surface area contributed by atoms with Gasteiger partial charge >= 0.3 is 0 Å². The Kier molecular flexibility index (Phi) is 4.95. The Hall–Kier alpha value is -0.170. The standard InChI is InChI=1S/C11H24N2O3S/c1-4-13(11(2,3)9-12)17(14,15)8-10-6-5-7-16-10/h10H,4-9,12H2,1-3H3. The molecule has 2 N–H and O–H groups in total. The van der Waals surface area contributed by atoms with E-state index >= 15 is 0 Å². The molecule has 0 aromatic rings. The molecule has 1 unspecified atom stereocenters. The average Bonchev–Trinajstić information content (AvgIpc) is 2.69. The lowest BCUT2D eigenvalue weighted by atomic mass is 10.1. The molecule has 0 spiro atoms. The molecule has 102 valence electrons. The third-order valence-electron chi connectivity index (χ3n) is 3.22. The fourth-order valence-electron chi connectivity index (χ4n) is 2.20. The first-order chi connectivity index (χ1) is 7.83. The van der Waals surface area contributed by atoms with E-state index < -0.39 is 15.6 Å². The highest BCUT2D eigenvalue weighted by atomic mass is 32.2. The number of rotatable bonds is 6. The van der Waals surface area contributed by atoms with Gasteiger partial charge in [0.15, 0.2) is 0 Å². The zero-order valence-electron chi connectivity index (χ0n) is 11.0. The minimum atomic E-state index is -3.30. The highest BCUT2D eigenvalue weighted by molar-refractivity contribution is 7.89. The number of nitrogens with two attached hydrogens (primary N) is 1. The van der Waals surface area contributed by atoms with Crippen LogP contribution in [-0.2, 0) is 14.8 Å². The van der Waals surface area contributed by atoms with Crippen molar-refractivity contribution in [2.24, 2.45) is 5.73 Å². The van der Waals surface area contributed by atoms with Crippen LogP contribution in [0.25, 0.3) is 0 Å². The molecule has 1 aliphatic rings. The van der Waals surface area contributed by atoms with Crippen LogP contribution in [0.2, 0.25) is 0 Å². The van der Waals surface area contributed by atoms with E-state index in [1.807, 2.05) is 20.8 Å². The van der Waals surface area contributed by atoms with Gasteiger partial charge in [0.2, 0.25) is 10.0 Å². The molecule has 1 rings (SSSR count). The van der Waals surface area contributed by atoms with Gasteiger partial charge in [-0.1, -0.05) is 6.92 Å². The first kappa shape index (κ1) is 14.9. The predicted molar refractivity (Wildman–Crippen MR) is 68.3 cm³/mol. The topological polar surface area (TPSA) is 72.6 Å². The average molecular weight is 264 g/mol. The SMILES string of the molecule is CCN(C(C)(C)CN)S(=O)(=O)CC1CCCO1. The van der Waals surface area contributed by atoms with Gasteiger partial charge in [-0.2, -0.15) is 4.31 Å². The van der Waals surface area contributed by atoms with Gasteiger partial charge < -0.3 is 10.5 Å². The molecule has 0 amide bonds. The second kappa shape index (κ2) is 5.65. The van der Waals surface area contributed by atoms with Crippen LogP contribution in [0.5, 0.6) is 0 Å². The van der Waals surface area contributed by atoms with Crippen molar-refractivity contribution in [2.45, 2.75) is 45.3 Å². The van der Waals surface area contributed by atoms with E-state index in [0.717, 1.165) is 12.8 Å². The van der Waals surface area contributed by atoms with E-state index in [4.69, 9.17) is 10.5 Å². The van der Waals surface area contributed by atoms with Crippen LogP contribution in [0.3, 0.4) is 0 Å². The molecule has 0 saturated carbocycles. The Labute approximate surface area is 104 Å². The van der Waals surface area contributed by atoms with E-state index in [1.54, 1.807) is 0 Å². The lowest BCUT2D eigenvalue weighted by molar-refractivity contribution is 0.125. The fraction of sp³-hybridized carbons (Fsp3) is 1.00. The number of sulfonamides is 1. The van der Waals surface area contributed by atoms with Crippen LogP contribution in [-0.4, -0.2) is 49.8 Å². The summed E-state index contributed by atoms with van der Waals surface area (Å²) >= 11 is 0. The minimum absolute atomic E-state index is 0.0737. The maximum absolute atomic E-state index is 12.3. The molecule has 1 saturated heterocycles. The highest BCUT2D eigenvalue weighted by Crippen LogP contribution is 2.21. The Morgan fingerprint density at radius 3 is 2.53 bits per heavy atom. The van der Waals surface area contributed by atoms with Crippen molar-refractivity contribution >= 4 is 10.0 Å². The van der Waals surface area contributed by atoms with Crippen LogP contribution >= 0.6 is 0 Å². The monoisotopic (exact) mass is 264 g/mol. The van der Waals surface area contributed by atoms with Crippen molar-refractivity contribution in [1.82, 2.24) is 4.31 Å². The van der Waals surface area contributed by atoms with Gasteiger partial charge in [0.25, 0.3) is 0 Å². The molecule has 6 heteroatoms. The molecule has 1 atom stereocenters. The van der Waals surface area contributed by atoms with Gasteiger partial charge in [-0.25, -0.2) is 8.42 Å². The van der Waals surface area contributed by atoms with Crippen LogP contribution < -0.4 is 5.73 Å². The summed E-state index contributed by atoms with van der Waals surface area (Å²) in [6.07, 6.45) is 1.63. The van der Waals surface area contributed by atoms with Crippen molar-refractivity contribution in [3.8, 4) is 0 Å². The van der Waals surface area contributed by atoms with Crippen molar-refractivity contribution in [3.05, 3.63) is 0 Å². The molecule has 0 aromatic carbocycles. The Morgan fingerprint density at radius 1 is 1.47 bits per heavy atom. The second-order valence-electron chi connectivity index (χ2n) is 5.09. The largest absolute Gasteiger partial charge is 0.377 e. The van der Waals surface area contributed by atoms with Gasteiger partial charge in [-0.15, -0.1) is 0 Å². The first-order valence-electron chi connectivity index (χ1n) is 6.15. The first-order valence-corrected chi connectivity index (χ1v) is 7.76. The zero-order chi connectivity index (χ0) is 13.1. The summed E-state index contributed by atoms with van der Waals surface area (Å²) in [5.41, 5.74) is 5.11. The van der Waals surface area contributed by atoms with E-state index in [1.165, 1.54) is 4.31 Å². The third kappa shape index (κ3) is 3.64. The summed E-state index contributed by atoms with van der Waals surface area (Å²) in [5.74, 6) is 0.0737. The van der Waals surface area contributed by atoms with E-state index in [0.29, 0.717) is 19.7 Å². The Morgan fingerprint density at radius 2 is 2.12 bits per heavy atom. The summed E-state index contributed by atoms with van der Waals surface area (Å²) in [4.78, 5) is 0. The molecule has 0 radical (unpaired) electrons. The molecule has 1 fully saturated rings. The lowest BCUT2D eigenvalue weighted by Gasteiger charge is -2.36.